The first-order valence-electron chi connectivity index (χ1n) is 12.3. The Morgan fingerprint density at radius 3 is 1.95 bits per heavy atom. The predicted octanol–water partition coefficient (Wildman–Crippen LogP) is 4.76. The van der Waals surface area contributed by atoms with E-state index in [1.54, 1.807) is 30.3 Å². The number of carbonyl (C=O) groups is 4. The molecule has 0 unspecified atom stereocenters. The fraction of sp³-hybridized carbons (Fsp3) is 0.267. The fourth-order valence-corrected chi connectivity index (χ4v) is 3.68. The van der Waals surface area contributed by atoms with Crippen molar-refractivity contribution in [1.82, 2.24) is 0 Å². The van der Waals surface area contributed by atoms with Crippen LogP contribution in [0.2, 0.25) is 0 Å². The number of allylic oxidation sites excluding steroid dienone is 1. The minimum absolute atomic E-state index is 0.0134. The molecule has 0 amide bonds. The second-order valence-corrected chi connectivity index (χ2v) is 8.86. The van der Waals surface area contributed by atoms with E-state index in [0.717, 1.165) is 32.1 Å². The topological polar surface area (TPSA) is 116 Å². The summed E-state index contributed by atoms with van der Waals surface area (Å²) >= 11 is 0. The Balaban J connectivity index is 1.47. The van der Waals surface area contributed by atoms with Crippen LogP contribution in [-0.4, -0.2) is 41.5 Å². The van der Waals surface area contributed by atoms with Gasteiger partial charge in [-0.25, -0.2) is 9.59 Å². The average Bonchev–Trinajstić information content (AvgIpc) is 2.92. The first-order valence-corrected chi connectivity index (χ1v) is 12.3. The Bertz CT molecular complexity index is 1220. The van der Waals surface area contributed by atoms with Crippen molar-refractivity contribution < 1.29 is 38.5 Å². The number of aliphatic hydroxyl groups is 1. The maximum atomic E-state index is 12.4. The van der Waals surface area contributed by atoms with Gasteiger partial charge in [0.2, 0.25) is 0 Å². The summed E-state index contributed by atoms with van der Waals surface area (Å²) in [5.74, 6) is -1.71. The Hall–Kier alpha value is -4.30. The minimum Gasteiger partial charge on any atom is -0.462 e. The molecule has 1 aliphatic rings. The van der Waals surface area contributed by atoms with Crippen LogP contribution in [0.4, 0.5) is 0 Å². The van der Waals surface area contributed by atoms with Crippen LogP contribution in [0.5, 0.6) is 11.5 Å². The first-order chi connectivity index (χ1) is 18.2. The molecule has 3 rings (SSSR count). The van der Waals surface area contributed by atoms with E-state index >= 15 is 0 Å². The summed E-state index contributed by atoms with van der Waals surface area (Å²) in [6, 6.07) is 12.4. The summed E-state index contributed by atoms with van der Waals surface area (Å²) in [5, 5.41) is 8.91. The molecule has 0 spiro atoms. The van der Waals surface area contributed by atoms with Crippen molar-refractivity contribution in [2.75, 3.05) is 6.61 Å². The molecule has 1 N–H and O–H groups in total. The molecule has 8 nitrogen and oxygen atoms in total. The SMILES string of the molecule is C=C(CO)C(=O)Oc1ccc(C(=O)/C=C/c2ccc(OC(=O)C(=C)CC(=O)OC3CCCCC3)cc2)cc1. The van der Waals surface area contributed by atoms with Crippen molar-refractivity contribution in [3.05, 3.63) is 90.0 Å². The first kappa shape index (κ1) is 28.3. The van der Waals surface area contributed by atoms with Gasteiger partial charge in [0, 0.05) is 11.1 Å². The number of hydrogen-bond acceptors (Lipinski definition) is 8. The highest BCUT2D eigenvalue weighted by atomic mass is 16.5. The van der Waals surface area contributed by atoms with E-state index in [1.165, 1.54) is 30.3 Å². The normalized spacial score (nSPS) is 13.5. The van der Waals surface area contributed by atoms with E-state index in [2.05, 4.69) is 13.2 Å². The zero-order valence-electron chi connectivity index (χ0n) is 21.0. The molecule has 1 fully saturated rings. The standard InChI is InChI=1S/C30H30O8/c1-20(18-28(33)36-24-6-4-3-5-7-24)29(34)37-25-13-8-22(9-14-25)10-17-27(32)23-11-15-26(16-12-23)38-30(35)21(2)19-31/h8-17,24,31H,1-7,18-19H2/b17-10+. The quantitative estimate of drug-likeness (QED) is 0.196. The number of carbonyl (C=O) groups excluding carboxylic acids is 4. The molecule has 1 aliphatic carbocycles. The number of aliphatic hydroxyl groups excluding tert-OH is 1. The van der Waals surface area contributed by atoms with Gasteiger partial charge in [-0.2, -0.15) is 0 Å². The van der Waals surface area contributed by atoms with Crippen molar-refractivity contribution in [3.8, 4) is 11.5 Å². The third-order valence-electron chi connectivity index (χ3n) is 5.84. The Morgan fingerprint density at radius 1 is 0.816 bits per heavy atom. The van der Waals surface area contributed by atoms with Gasteiger partial charge < -0.3 is 19.3 Å². The largest absolute Gasteiger partial charge is 0.462 e. The van der Waals surface area contributed by atoms with Gasteiger partial charge in [0.1, 0.15) is 17.6 Å². The summed E-state index contributed by atoms with van der Waals surface area (Å²) in [6.45, 7) is 6.53. The van der Waals surface area contributed by atoms with Crippen molar-refractivity contribution in [2.45, 2.75) is 44.6 Å². The maximum absolute atomic E-state index is 12.4. The molecule has 1 saturated carbocycles. The maximum Gasteiger partial charge on any atom is 0.341 e. The second kappa shape index (κ2) is 13.9. The third-order valence-corrected chi connectivity index (χ3v) is 5.84. The summed E-state index contributed by atoms with van der Waals surface area (Å²) in [6.07, 6.45) is 7.60. The predicted molar refractivity (Wildman–Crippen MR) is 140 cm³/mol. The van der Waals surface area contributed by atoms with E-state index in [-0.39, 0.29) is 41.0 Å². The van der Waals surface area contributed by atoms with Crippen LogP contribution in [-0.2, 0) is 19.1 Å². The van der Waals surface area contributed by atoms with E-state index in [4.69, 9.17) is 19.3 Å². The van der Waals surface area contributed by atoms with E-state index < -0.39 is 24.5 Å². The number of ketones is 1. The summed E-state index contributed by atoms with van der Waals surface area (Å²) < 4.78 is 15.7. The molecule has 0 bridgehead atoms. The highest BCUT2D eigenvalue weighted by molar-refractivity contribution is 6.07. The van der Waals surface area contributed by atoms with Crippen LogP contribution < -0.4 is 9.47 Å². The Labute approximate surface area is 221 Å². The van der Waals surface area contributed by atoms with Gasteiger partial charge in [0.25, 0.3) is 0 Å². The lowest BCUT2D eigenvalue weighted by atomic mass is 9.98. The fourth-order valence-electron chi connectivity index (χ4n) is 3.68. The monoisotopic (exact) mass is 518 g/mol. The molecule has 0 radical (unpaired) electrons. The lowest BCUT2D eigenvalue weighted by Gasteiger charge is -2.21. The molecule has 38 heavy (non-hydrogen) atoms. The zero-order chi connectivity index (χ0) is 27.5. The lowest BCUT2D eigenvalue weighted by Crippen LogP contribution is -2.22. The molecule has 8 heteroatoms. The summed E-state index contributed by atoms with van der Waals surface area (Å²) in [5.41, 5.74) is 1.02. The van der Waals surface area contributed by atoms with Crippen LogP contribution >= 0.6 is 0 Å². The molecular weight excluding hydrogens is 488 g/mol. The van der Waals surface area contributed by atoms with Crippen LogP contribution in [0, 0.1) is 0 Å². The lowest BCUT2D eigenvalue weighted by molar-refractivity contribution is -0.150. The Kier molecular flexibility index (Phi) is 10.3. The molecule has 0 heterocycles. The number of ether oxygens (including phenoxy) is 3. The van der Waals surface area contributed by atoms with Crippen LogP contribution in [0.25, 0.3) is 6.08 Å². The van der Waals surface area contributed by atoms with Gasteiger partial charge in [0.15, 0.2) is 5.78 Å². The van der Waals surface area contributed by atoms with Crippen LogP contribution in [0.15, 0.2) is 78.9 Å². The van der Waals surface area contributed by atoms with Crippen LogP contribution in [0.1, 0.15) is 54.4 Å². The number of benzene rings is 2. The van der Waals surface area contributed by atoms with Crippen LogP contribution in [0.3, 0.4) is 0 Å². The van der Waals surface area contributed by atoms with E-state index in [0.29, 0.717) is 11.1 Å². The summed E-state index contributed by atoms with van der Waals surface area (Å²) in [7, 11) is 0. The van der Waals surface area contributed by atoms with Crippen molar-refractivity contribution in [1.29, 1.82) is 0 Å². The van der Waals surface area contributed by atoms with Crippen molar-refractivity contribution in [2.24, 2.45) is 0 Å². The smallest absolute Gasteiger partial charge is 0.341 e. The Morgan fingerprint density at radius 2 is 1.37 bits per heavy atom. The highest BCUT2D eigenvalue weighted by Gasteiger charge is 2.20. The summed E-state index contributed by atoms with van der Waals surface area (Å²) in [4.78, 5) is 48.5. The van der Waals surface area contributed by atoms with Gasteiger partial charge in [-0.3, -0.25) is 9.59 Å². The second-order valence-electron chi connectivity index (χ2n) is 8.86. The van der Waals surface area contributed by atoms with Gasteiger partial charge in [0.05, 0.1) is 18.6 Å². The molecule has 0 atom stereocenters. The molecular formula is C30H30O8. The van der Waals surface area contributed by atoms with E-state index in [9.17, 15) is 19.2 Å². The number of rotatable bonds is 11. The molecule has 2 aromatic rings. The minimum atomic E-state index is -0.748. The van der Waals surface area contributed by atoms with Gasteiger partial charge in [-0.1, -0.05) is 37.8 Å². The molecule has 0 saturated heterocycles. The van der Waals surface area contributed by atoms with E-state index in [1.807, 2.05) is 0 Å². The number of esters is 3. The zero-order valence-corrected chi connectivity index (χ0v) is 21.0. The van der Waals surface area contributed by atoms with Crippen molar-refractivity contribution in [3.63, 3.8) is 0 Å². The van der Waals surface area contributed by atoms with Gasteiger partial charge >= 0.3 is 17.9 Å². The molecule has 0 aromatic heterocycles. The van der Waals surface area contributed by atoms with Gasteiger partial charge in [-0.05, 0) is 73.7 Å². The molecule has 0 aliphatic heterocycles. The molecule has 198 valence electrons. The third kappa shape index (κ3) is 8.67. The molecule has 2 aromatic carbocycles. The van der Waals surface area contributed by atoms with Crippen molar-refractivity contribution >= 4 is 29.8 Å². The van der Waals surface area contributed by atoms with Gasteiger partial charge in [-0.15, -0.1) is 0 Å². The highest BCUT2D eigenvalue weighted by Crippen LogP contribution is 2.22. The number of hydrogen-bond donors (Lipinski definition) is 1. The average molecular weight is 519 g/mol.